The van der Waals surface area contributed by atoms with Gasteiger partial charge in [0.25, 0.3) is 5.69 Å². The highest BCUT2D eigenvalue weighted by atomic mass is 32.2. The van der Waals surface area contributed by atoms with Gasteiger partial charge in [-0.1, -0.05) is 48.5 Å². The van der Waals surface area contributed by atoms with Crippen LogP contribution >= 0.6 is 0 Å². The predicted molar refractivity (Wildman–Crippen MR) is 116 cm³/mol. The maximum absolute atomic E-state index is 12.6. The highest BCUT2D eigenvalue weighted by Crippen LogP contribution is 2.29. The first-order valence-corrected chi connectivity index (χ1v) is 11.0. The van der Waals surface area contributed by atoms with Gasteiger partial charge < -0.3 is 5.32 Å². The van der Waals surface area contributed by atoms with Gasteiger partial charge in [0, 0.05) is 12.6 Å². The van der Waals surface area contributed by atoms with Gasteiger partial charge in [0.15, 0.2) is 0 Å². The van der Waals surface area contributed by atoms with Crippen LogP contribution in [0.2, 0.25) is 0 Å². The lowest BCUT2D eigenvalue weighted by atomic mass is 10.0. The van der Waals surface area contributed by atoms with Crippen molar-refractivity contribution in [2.75, 3.05) is 17.1 Å². The first-order valence-electron chi connectivity index (χ1n) is 9.13. The Hall–Kier alpha value is -3.46. The number of fused-ring (bicyclic) bond motifs is 1. The van der Waals surface area contributed by atoms with Crippen molar-refractivity contribution in [2.45, 2.75) is 13.5 Å². The molecule has 3 aromatic rings. The molecule has 0 saturated heterocycles. The lowest BCUT2D eigenvalue weighted by Crippen LogP contribution is -2.40. The maximum Gasteiger partial charge on any atom is 0.274 e. The highest BCUT2D eigenvalue weighted by Gasteiger charge is 2.25. The fourth-order valence-corrected chi connectivity index (χ4v) is 4.19. The van der Waals surface area contributed by atoms with Gasteiger partial charge in [0.05, 0.1) is 22.4 Å². The topological polar surface area (TPSA) is 110 Å². The van der Waals surface area contributed by atoms with E-state index in [4.69, 9.17) is 0 Å². The SMILES string of the molecule is Cc1c(N(CC(=O)NCc2cccc3ccccc23)S(C)(=O)=O)cccc1[N+](=O)[O-]. The van der Waals surface area contributed by atoms with Gasteiger partial charge in [0.2, 0.25) is 15.9 Å². The van der Waals surface area contributed by atoms with E-state index in [0.29, 0.717) is 0 Å². The number of anilines is 1. The molecule has 0 aliphatic carbocycles. The lowest BCUT2D eigenvalue weighted by Gasteiger charge is -2.23. The summed E-state index contributed by atoms with van der Waals surface area (Å²) in [7, 11) is -3.85. The van der Waals surface area contributed by atoms with E-state index in [2.05, 4.69) is 5.32 Å². The van der Waals surface area contributed by atoms with Crippen LogP contribution < -0.4 is 9.62 Å². The number of nitro benzene ring substituents is 1. The third-order valence-corrected chi connectivity index (χ3v) is 5.91. The summed E-state index contributed by atoms with van der Waals surface area (Å²) in [5, 5.41) is 16.0. The minimum absolute atomic E-state index is 0.104. The minimum Gasteiger partial charge on any atom is -0.350 e. The first-order chi connectivity index (χ1) is 14.2. The fraction of sp³-hybridized carbons (Fsp3) is 0.190. The van der Waals surface area contributed by atoms with E-state index in [1.165, 1.54) is 25.1 Å². The Morgan fingerprint density at radius 1 is 1.07 bits per heavy atom. The summed E-state index contributed by atoms with van der Waals surface area (Å²) in [4.78, 5) is 23.2. The molecule has 0 unspecified atom stereocenters. The molecule has 1 N–H and O–H groups in total. The van der Waals surface area contributed by atoms with Crippen molar-refractivity contribution in [1.29, 1.82) is 0 Å². The number of nitrogens with zero attached hydrogens (tertiary/aromatic N) is 2. The molecule has 3 aromatic carbocycles. The summed E-state index contributed by atoms with van der Waals surface area (Å²) < 4.78 is 25.5. The number of hydrogen-bond acceptors (Lipinski definition) is 5. The van der Waals surface area contributed by atoms with Crippen molar-refractivity contribution < 1.29 is 18.1 Å². The Morgan fingerprint density at radius 2 is 1.73 bits per heavy atom. The van der Waals surface area contributed by atoms with Crippen molar-refractivity contribution in [1.82, 2.24) is 5.32 Å². The molecule has 0 aliphatic rings. The Morgan fingerprint density at radius 3 is 2.43 bits per heavy atom. The maximum atomic E-state index is 12.6. The number of carbonyl (C=O) groups excluding carboxylic acids is 1. The summed E-state index contributed by atoms with van der Waals surface area (Å²) in [6.07, 6.45) is 0.962. The summed E-state index contributed by atoms with van der Waals surface area (Å²) >= 11 is 0. The monoisotopic (exact) mass is 427 g/mol. The number of hydrogen-bond donors (Lipinski definition) is 1. The summed E-state index contributed by atoms with van der Waals surface area (Å²) in [5.41, 5.74) is 0.970. The fourth-order valence-electron chi connectivity index (χ4n) is 3.29. The highest BCUT2D eigenvalue weighted by molar-refractivity contribution is 7.92. The molecule has 0 aromatic heterocycles. The molecule has 30 heavy (non-hydrogen) atoms. The van der Waals surface area contributed by atoms with Crippen molar-refractivity contribution in [3.8, 4) is 0 Å². The molecule has 0 saturated carbocycles. The molecular formula is C21H21N3O5S. The van der Waals surface area contributed by atoms with E-state index < -0.39 is 27.4 Å². The predicted octanol–water partition coefficient (Wildman–Crippen LogP) is 3.14. The molecule has 0 atom stereocenters. The molecule has 9 heteroatoms. The molecule has 0 aliphatic heterocycles. The van der Waals surface area contributed by atoms with Crippen LogP contribution in [0.5, 0.6) is 0 Å². The van der Waals surface area contributed by atoms with Gasteiger partial charge in [-0.2, -0.15) is 0 Å². The summed E-state index contributed by atoms with van der Waals surface area (Å²) in [6.45, 7) is 1.21. The second kappa shape index (κ2) is 8.50. The zero-order chi connectivity index (χ0) is 21.9. The molecule has 0 radical (unpaired) electrons. The van der Waals surface area contributed by atoms with Crippen LogP contribution in [-0.2, 0) is 21.4 Å². The van der Waals surface area contributed by atoms with Crippen molar-refractivity contribution in [2.24, 2.45) is 0 Å². The van der Waals surface area contributed by atoms with E-state index in [1.54, 1.807) is 0 Å². The van der Waals surface area contributed by atoms with Crippen molar-refractivity contribution >= 4 is 38.1 Å². The number of benzene rings is 3. The second-order valence-corrected chi connectivity index (χ2v) is 8.77. The van der Waals surface area contributed by atoms with Crippen LogP contribution in [0.4, 0.5) is 11.4 Å². The number of carbonyl (C=O) groups is 1. The zero-order valence-electron chi connectivity index (χ0n) is 16.5. The van der Waals surface area contributed by atoms with Gasteiger partial charge >= 0.3 is 0 Å². The number of sulfonamides is 1. The molecule has 8 nitrogen and oxygen atoms in total. The zero-order valence-corrected chi connectivity index (χ0v) is 17.3. The molecule has 0 heterocycles. The summed E-state index contributed by atoms with van der Waals surface area (Å²) in [5.74, 6) is -0.515. The van der Waals surface area contributed by atoms with Crippen molar-refractivity contribution in [3.63, 3.8) is 0 Å². The molecular weight excluding hydrogens is 406 g/mol. The first kappa shape index (κ1) is 21.3. The van der Waals surface area contributed by atoms with Crippen LogP contribution in [-0.4, -0.2) is 32.0 Å². The van der Waals surface area contributed by atoms with E-state index >= 15 is 0 Å². The lowest BCUT2D eigenvalue weighted by molar-refractivity contribution is -0.385. The minimum atomic E-state index is -3.85. The Bertz CT molecular complexity index is 1220. The molecule has 3 rings (SSSR count). The number of nitro groups is 1. The molecule has 0 bridgehead atoms. The van der Waals surface area contributed by atoms with Crippen LogP contribution in [0.15, 0.2) is 60.7 Å². The van der Waals surface area contributed by atoms with E-state index in [1.807, 2.05) is 42.5 Å². The van der Waals surface area contributed by atoms with Crippen LogP contribution in [0.1, 0.15) is 11.1 Å². The Kier molecular flexibility index (Phi) is 6.02. The number of rotatable bonds is 7. The van der Waals surface area contributed by atoms with Crippen LogP contribution in [0.3, 0.4) is 0 Å². The van der Waals surface area contributed by atoms with E-state index in [0.717, 1.165) is 26.9 Å². The standard InChI is InChI=1S/C21H21N3O5S/c1-15-19(11-6-12-20(15)24(26)27)23(30(2,28)29)14-21(25)22-13-17-9-5-8-16-7-3-4-10-18(16)17/h3-12H,13-14H2,1-2H3,(H,22,25). The van der Waals surface area contributed by atoms with Gasteiger partial charge in [-0.05, 0) is 29.3 Å². The molecule has 0 fully saturated rings. The Labute approximate surface area is 174 Å². The molecule has 156 valence electrons. The van der Waals surface area contributed by atoms with E-state index in [-0.39, 0.29) is 23.5 Å². The smallest absolute Gasteiger partial charge is 0.274 e. The molecule has 1 amide bonds. The third-order valence-electron chi connectivity index (χ3n) is 4.79. The quantitative estimate of drug-likeness (QED) is 0.460. The van der Waals surface area contributed by atoms with Gasteiger partial charge in [-0.3, -0.25) is 19.2 Å². The van der Waals surface area contributed by atoms with Gasteiger partial charge in [-0.15, -0.1) is 0 Å². The average Bonchev–Trinajstić information content (AvgIpc) is 2.70. The van der Waals surface area contributed by atoms with Gasteiger partial charge in [-0.25, -0.2) is 8.42 Å². The van der Waals surface area contributed by atoms with E-state index in [9.17, 15) is 23.3 Å². The Balaban J connectivity index is 1.82. The average molecular weight is 427 g/mol. The normalized spacial score (nSPS) is 11.3. The number of nitrogens with one attached hydrogen (secondary N) is 1. The van der Waals surface area contributed by atoms with Crippen LogP contribution in [0.25, 0.3) is 10.8 Å². The van der Waals surface area contributed by atoms with Crippen LogP contribution in [0, 0.1) is 17.0 Å². The second-order valence-electron chi connectivity index (χ2n) is 6.86. The van der Waals surface area contributed by atoms with Crippen molar-refractivity contribution in [3.05, 3.63) is 81.9 Å². The molecule has 0 spiro atoms. The van der Waals surface area contributed by atoms with Gasteiger partial charge in [0.1, 0.15) is 6.54 Å². The summed E-state index contributed by atoms with van der Waals surface area (Å²) in [6, 6.07) is 17.6. The number of amides is 1. The third kappa shape index (κ3) is 4.57. The largest absolute Gasteiger partial charge is 0.350 e.